The Labute approximate surface area is 109 Å². The third kappa shape index (κ3) is 2.58. The molecule has 2 atom stereocenters. The summed E-state index contributed by atoms with van der Waals surface area (Å²) >= 11 is 0. The van der Waals surface area contributed by atoms with Gasteiger partial charge in [-0.2, -0.15) is 0 Å². The smallest absolute Gasteiger partial charge is 0.0471 e. The van der Waals surface area contributed by atoms with Crippen LogP contribution < -0.4 is 11.1 Å². The van der Waals surface area contributed by atoms with Crippen molar-refractivity contribution in [2.24, 2.45) is 11.7 Å². The van der Waals surface area contributed by atoms with Crippen LogP contribution in [0, 0.1) is 5.92 Å². The van der Waals surface area contributed by atoms with Crippen LogP contribution in [0.4, 0.5) is 0 Å². The first-order chi connectivity index (χ1) is 8.60. The Kier molecular flexibility index (Phi) is 4.05. The van der Waals surface area contributed by atoms with Crippen molar-refractivity contribution < 1.29 is 5.11 Å². The molecule has 0 bridgehead atoms. The molecule has 0 saturated heterocycles. The van der Waals surface area contributed by atoms with Crippen LogP contribution in [-0.2, 0) is 12.8 Å². The minimum absolute atomic E-state index is 0.0352. The predicted molar refractivity (Wildman–Crippen MR) is 74.5 cm³/mol. The van der Waals surface area contributed by atoms with Crippen molar-refractivity contribution in [3.63, 3.8) is 0 Å². The highest BCUT2D eigenvalue weighted by Crippen LogP contribution is 2.30. The summed E-state index contributed by atoms with van der Waals surface area (Å²) in [6.07, 6.45) is 1.98. The SMILES string of the molecule is CC(CO)C(C)NC1(CN)Cc2ccccc2C1. The minimum atomic E-state index is -0.0352. The summed E-state index contributed by atoms with van der Waals surface area (Å²) in [6.45, 7) is 5.02. The van der Waals surface area contributed by atoms with Gasteiger partial charge in [-0.15, -0.1) is 0 Å². The van der Waals surface area contributed by atoms with Crippen molar-refractivity contribution >= 4 is 0 Å². The zero-order valence-electron chi connectivity index (χ0n) is 11.3. The summed E-state index contributed by atoms with van der Waals surface area (Å²) in [5.41, 5.74) is 8.78. The molecule has 1 aliphatic carbocycles. The highest BCUT2D eigenvalue weighted by molar-refractivity contribution is 5.36. The van der Waals surface area contributed by atoms with E-state index in [1.807, 2.05) is 0 Å². The van der Waals surface area contributed by atoms with Gasteiger partial charge in [0.05, 0.1) is 0 Å². The molecule has 0 saturated carbocycles. The molecule has 18 heavy (non-hydrogen) atoms. The zero-order valence-corrected chi connectivity index (χ0v) is 11.3. The van der Waals surface area contributed by atoms with Crippen LogP contribution in [0.3, 0.4) is 0 Å². The summed E-state index contributed by atoms with van der Waals surface area (Å²) in [5, 5.41) is 12.9. The van der Waals surface area contributed by atoms with Crippen molar-refractivity contribution in [1.29, 1.82) is 0 Å². The molecule has 0 heterocycles. The maximum atomic E-state index is 9.24. The number of fused-ring (bicyclic) bond motifs is 1. The molecule has 1 aliphatic rings. The lowest BCUT2D eigenvalue weighted by Crippen LogP contribution is -2.57. The van der Waals surface area contributed by atoms with Gasteiger partial charge in [-0.3, -0.25) is 0 Å². The van der Waals surface area contributed by atoms with Crippen LogP contribution in [0.15, 0.2) is 24.3 Å². The second-order valence-corrected chi connectivity index (χ2v) is 5.70. The summed E-state index contributed by atoms with van der Waals surface area (Å²) < 4.78 is 0. The van der Waals surface area contributed by atoms with Gasteiger partial charge in [0.25, 0.3) is 0 Å². The lowest BCUT2D eigenvalue weighted by Gasteiger charge is -2.34. The molecule has 1 aromatic carbocycles. The maximum Gasteiger partial charge on any atom is 0.0471 e. The predicted octanol–water partition coefficient (Wildman–Crippen LogP) is 1.09. The topological polar surface area (TPSA) is 58.3 Å². The van der Waals surface area contributed by atoms with Gasteiger partial charge in [-0.05, 0) is 36.8 Å². The first kappa shape index (κ1) is 13.5. The van der Waals surface area contributed by atoms with Crippen molar-refractivity contribution in [2.45, 2.75) is 38.3 Å². The van der Waals surface area contributed by atoms with Gasteiger partial charge in [0, 0.05) is 24.7 Å². The highest BCUT2D eigenvalue weighted by atomic mass is 16.3. The van der Waals surface area contributed by atoms with E-state index in [0.717, 1.165) is 12.8 Å². The van der Waals surface area contributed by atoms with E-state index in [4.69, 9.17) is 5.73 Å². The Morgan fingerprint density at radius 2 is 1.83 bits per heavy atom. The van der Waals surface area contributed by atoms with E-state index in [9.17, 15) is 5.11 Å². The van der Waals surface area contributed by atoms with E-state index in [1.165, 1.54) is 11.1 Å². The number of hydrogen-bond acceptors (Lipinski definition) is 3. The van der Waals surface area contributed by atoms with Gasteiger partial charge in [0.1, 0.15) is 0 Å². The van der Waals surface area contributed by atoms with Crippen LogP contribution in [0.1, 0.15) is 25.0 Å². The van der Waals surface area contributed by atoms with E-state index in [0.29, 0.717) is 6.54 Å². The van der Waals surface area contributed by atoms with Gasteiger partial charge in [-0.1, -0.05) is 31.2 Å². The molecule has 0 radical (unpaired) electrons. The molecule has 0 spiro atoms. The second-order valence-electron chi connectivity index (χ2n) is 5.70. The van der Waals surface area contributed by atoms with Crippen LogP contribution in [0.25, 0.3) is 0 Å². The molecular weight excluding hydrogens is 224 g/mol. The largest absolute Gasteiger partial charge is 0.396 e. The van der Waals surface area contributed by atoms with E-state index in [1.54, 1.807) is 0 Å². The first-order valence-corrected chi connectivity index (χ1v) is 6.75. The van der Waals surface area contributed by atoms with E-state index in [2.05, 4.69) is 43.4 Å². The Morgan fingerprint density at radius 1 is 1.28 bits per heavy atom. The van der Waals surface area contributed by atoms with E-state index in [-0.39, 0.29) is 24.1 Å². The summed E-state index contributed by atoms with van der Waals surface area (Å²) in [7, 11) is 0. The molecular formula is C15H24N2O. The number of hydrogen-bond donors (Lipinski definition) is 3. The lowest BCUT2D eigenvalue weighted by molar-refractivity contribution is 0.182. The minimum Gasteiger partial charge on any atom is -0.396 e. The van der Waals surface area contributed by atoms with Gasteiger partial charge in [-0.25, -0.2) is 0 Å². The quantitative estimate of drug-likeness (QED) is 0.731. The second kappa shape index (κ2) is 5.39. The number of aliphatic hydroxyl groups excluding tert-OH is 1. The van der Waals surface area contributed by atoms with Crippen LogP contribution in [0.5, 0.6) is 0 Å². The Morgan fingerprint density at radius 3 is 2.28 bits per heavy atom. The Balaban J connectivity index is 2.11. The summed E-state index contributed by atoms with van der Waals surface area (Å²) in [5.74, 6) is 0.247. The molecule has 2 unspecified atom stereocenters. The molecule has 0 amide bonds. The fourth-order valence-electron chi connectivity index (χ4n) is 2.78. The highest BCUT2D eigenvalue weighted by Gasteiger charge is 2.37. The van der Waals surface area contributed by atoms with Gasteiger partial charge in [0.15, 0.2) is 0 Å². The van der Waals surface area contributed by atoms with Crippen molar-refractivity contribution in [3.8, 4) is 0 Å². The van der Waals surface area contributed by atoms with Gasteiger partial charge >= 0.3 is 0 Å². The van der Waals surface area contributed by atoms with Gasteiger partial charge in [0.2, 0.25) is 0 Å². The zero-order chi connectivity index (χ0) is 13.2. The molecule has 0 fully saturated rings. The number of nitrogens with two attached hydrogens (primary N) is 1. The number of benzene rings is 1. The molecule has 0 aliphatic heterocycles. The van der Waals surface area contributed by atoms with Crippen molar-refractivity contribution in [3.05, 3.63) is 35.4 Å². The van der Waals surface area contributed by atoms with E-state index < -0.39 is 0 Å². The molecule has 3 nitrogen and oxygen atoms in total. The third-order valence-corrected chi connectivity index (χ3v) is 4.24. The fraction of sp³-hybridized carbons (Fsp3) is 0.600. The van der Waals surface area contributed by atoms with E-state index >= 15 is 0 Å². The van der Waals surface area contributed by atoms with Crippen molar-refractivity contribution in [2.75, 3.05) is 13.2 Å². The summed E-state index contributed by atoms with van der Waals surface area (Å²) in [6, 6.07) is 8.83. The maximum absolute atomic E-state index is 9.24. The van der Waals surface area contributed by atoms with Crippen LogP contribution >= 0.6 is 0 Å². The normalized spacial score (nSPS) is 20.4. The third-order valence-electron chi connectivity index (χ3n) is 4.24. The Hall–Kier alpha value is -0.900. The van der Waals surface area contributed by atoms with Crippen molar-refractivity contribution in [1.82, 2.24) is 5.32 Å². The van der Waals surface area contributed by atoms with Gasteiger partial charge < -0.3 is 16.2 Å². The molecule has 0 aromatic heterocycles. The fourth-order valence-corrected chi connectivity index (χ4v) is 2.78. The van der Waals surface area contributed by atoms with Crippen LogP contribution in [-0.4, -0.2) is 29.8 Å². The number of aliphatic hydroxyl groups is 1. The molecule has 2 rings (SSSR count). The number of rotatable bonds is 5. The lowest BCUT2D eigenvalue weighted by atomic mass is 9.92. The summed E-state index contributed by atoms with van der Waals surface area (Å²) in [4.78, 5) is 0. The number of nitrogens with one attached hydrogen (secondary N) is 1. The van der Waals surface area contributed by atoms with Crippen LogP contribution in [0.2, 0.25) is 0 Å². The molecule has 3 heteroatoms. The first-order valence-electron chi connectivity index (χ1n) is 6.75. The average Bonchev–Trinajstić information content (AvgIpc) is 2.76. The molecule has 4 N–H and O–H groups in total. The molecule has 1 aromatic rings. The monoisotopic (exact) mass is 248 g/mol. The Bertz CT molecular complexity index is 380. The molecule has 100 valence electrons. The standard InChI is InChI=1S/C15H24N2O/c1-11(9-18)12(2)17-15(10-16)7-13-5-3-4-6-14(13)8-15/h3-6,11-12,17-18H,7-10,16H2,1-2H3. The average molecular weight is 248 g/mol.